The molecule has 1 aromatic carbocycles. The molecule has 0 saturated carbocycles. The van der Waals surface area contributed by atoms with Crippen LogP contribution in [0.15, 0.2) is 16.6 Å². The normalized spacial score (nSPS) is 12.5. The molecule has 0 aromatic heterocycles. The number of hydrogen-bond donors (Lipinski definition) is 3. The van der Waals surface area contributed by atoms with Crippen LogP contribution < -0.4 is 10.5 Å². The Bertz CT molecular complexity index is 344. The van der Waals surface area contributed by atoms with Gasteiger partial charge in [-0.2, -0.15) is 0 Å². The van der Waals surface area contributed by atoms with Crippen molar-refractivity contribution in [3.63, 3.8) is 0 Å². The molecule has 0 aliphatic carbocycles. The standard InChI is InChI=1S/C10H14BrNO3/c1-15-9-5-6(11)4-7(10(9)14)8(12)2-3-13/h4-5,8,13-14H,2-3,12H2,1H3/t8-/m0/s1. The number of aliphatic hydroxyl groups excluding tert-OH is 1. The largest absolute Gasteiger partial charge is 0.504 e. The highest BCUT2D eigenvalue weighted by molar-refractivity contribution is 9.10. The third kappa shape index (κ3) is 2.84. The van der Waals surface area contributed by atoms with Gasteiger partial charge in [0.05, 0.1) is 7.11 Å². The fraction of sp³-hybridized carbons (Fsp3) is 0.400. The highest BCUT2D eigenvalue weighted by Gasteiger charge is 2.15. The molecule has 84 valence electrons. The molecule has 0 bridgehead atoms. The highest BCUT2D eigenvalue weighted by atomic mass is 79.9. The second-order valence-corrected chi connectivity index (χ2v) is 4.08. The van der Waals surface area contributed by atoms with E-state index < -0.39 is 6.04 Å². The first-order chi connectivity index (χ1) is 7.10. The summed E-state index contributed by atoms with van der Waals surface area (Å²) in [6.45, 7) is -0.0184. The average molecular weight is 276 g/mol. The van der Waals surface area contributed by atoms with Gasteiger partial charge in [-0.3, -0.25) is 0 Å². The van der Waals surface area contributed by atoms with Gasteiger partial charge < -0.3 is 20.7 Å². The maximum absolute atomic E-state index is 9.80. The van der Waals surface area contributed by atoms with Crippen LogP contribution in [-0.4, -0.2) is 23.9 Å². The molecule has 0 aliphatic rings. The summed E-state index contributed by atoms with van der Waals surface area (Å²) in [5, 5.41) is 18.6. The fourth-order valence-electron chi connectivity index (χ4n) is 1.33. The van der Waals surface area contributed by atoms with Crippen LogP contribution in [0.1, 0.15) is 18.0 Å². The fourth-order valence-corrected chi connectivity index (χ4v) is 1.78. The van der Waals surface area contributed by atoms with E-state index in [1.165, 1.54) is 7.11 Å². The van der Waals surface area contributed by atoms with E-state index in [4.69, 9.17) is 15.6 Å². The van der Waals surface area contributed by atoms with E-state index in [0.29, 0.717) is 17.7 Å². The second-order valence-electron chi connectivity index (χ2n) is 3.16. The molecule has 0 heterocycles. The topological polar surface area (TPSA) is 75.7 Å². The molecular weight excluding hydrogens is 262 g/mol. The first-order valence-corrected chi connectivity index (χ1v) is 5.32. The molecule has 0 aliphatic heterocycles. The first-order valence-electron chi connectivity index (χ1n) is 4.53. The Labute approximate surface area is 96.8 Å². The van der Waals surface area contributed by atoms with Crippen LogP contribution in [0.5, 0.6) is 11.5 Å². The van der Waals surface area contributed by atoms with Crippen LogP contribution in [0, 0.1) is 0 Å². The van der Waals surface area contributed by atoms with E-state index in [0.717, 1.165) is 4.47 Å². The molecular formula is C10H14BrNO3. The molecule has 0 saturated heterocycles. The van der Waals surface area contributed by atoms with Gasteiger partial charge in [-0.05, 0) is 18.6 Å². The molecule has 0 radical (unpaired) electrons. The summed E-state index contributed by atoms with van der Waals surface area (Å²) in [5.74, 6) is 0.398. The van der Waals surface area contributed by atoms with E-state index >= 15 is 0 Å². The summed E-state index contributed by atoms with van der Waals surface area (Å²) in [6, 6.07) is 2.98. The van der Waals surface area contributed by atoms with Gasteiger partial charge in [-0.25, -0.2) is 0 Å². The predicted octanol–water partition coefficient (Wildman–Crippen LogP) is 1.55. The summed E-state index contributed by atoms with van der Waals surface area (Å²) >= 11 is 3.30. The van der Waals surface area contributed by atoms with E-state index in [1.54, 1.807) is 12.1 Å². The van der Waals surface area contributed by atoms with E-state index in [-0.39, 0.29) is 12.4 Å². The van der Waals surface area contributed by atoms with Crippen LogP contribution in [0.3, 0.4) is 0 Å². The lowest BCUT2D eigenvalue weighted by Crippen LogP contribution is -2.12. The number of benzene rings is 1. The maximum atomic E-state index is 9.80. The summed E-state index contributed by atoms with van der Waals surface area (Å²) in [7, 11) is 1.48. The van der Waals surface area contributed by atoms with Crippen molar-refractivity contribution in [2.24, 2.45) is 5.73 Å². The molecule has 1 rings (SSSR count). The summed E-state index contributed by atoms with van der Waals surface area (Å²) in [5.41, 5.74) is 6.37. The van der Waals surface area contributed by atoms with Crippen LogP contribution in [-0.2, 0) is 0 Å². The Morgan fingerprint density at radius 2 is 2.20 bits per heavy atom. The smallest absolute Gasteiger partial charge is 0.162 e. The number of aliphatic hydroxyl groups is 1. The zero-order chi connectivity index (χ0) is 11.4. The van der Waals surface area contributed by atoms with Gasteiger partial charge in [0.1, 0.15) is 0 Å². The minimum absolute atomic E-state index is 0.0184. The predicted molar refractivity (Wildman–Crippen MR) is 61.0 cm³/mol. The number of halogens is 1. The lowest BCUT2D eigenvalue weighted by molar-refractivity contribution is 0.275. The second kappa shape index (κ2) is 5.34. The van der Waals surface area contributed by atoms with Gasteiger partial charge in [-0.1, -0.05) is 15.9 Å². The number of methoxy groups -OCH3 is 1. The van der Waals surface area contributed by atoms with Gasteiger partial charge in [0, 0.05) is 22.7 Å². The van der Waals surface area contributed by atoms with Crippen molar-refractivity contribution in [2.75, 3.05) is 13.7 Å². The van der Waals surface area contributed by atoms with Gasteiger partial charge in [0.25, 0.3) is 0 Å². The van der Waals surface area contributed by atoms with Crippen LogP contribution in [0.2, 0.25) is 0 Å². The summed E-state index contributed by atoms with van der Waals surface area (Å²) < 4.78 is 5.77. The van der Waals surface area contributed by atoms with Crippen molar-refractivity contribution in [3.05, 3.63) is 22.2 Å². The van der Waals surface area contributed by atoms with E-state index in [9.17, 15) is 5.11 Å². The highest BCUT2D eigenvalue weighted by Crippen LogP contribution is 2.36. The minimum atomic E-state index is -0.401. The SMILES string of the molecule is COc1cc(Br)cc([C@@H](N)CCO)c1O. The van der Waals surface area contributed by atoms with Crippen molar-refractivity contribution in [2.45, 2.75) is 12.5 Å². The summed E-state index contributed by atoms with van der Waals surface area (Å²) in [4.78, 5) is 0. The van der Waals surface area contributed by atoms with Crippen molar-refractivity contribution in [1.29, 1.82) is 0 Å². The Balaban J connectivity index is 3.11. The Hall–Kier alpha value is -0.780. The molecule has 0 unspecified atom stereocenters. The Kier molecular flexibility index (Phi) is 4.38. The summed E-state index contributed by atoms with van der Waals surface area (Å²) in [6.07, 6.45) is 0.396. The molecule has 1 aromatic rings. The monoisotopic (exact) mass is 275 g/mol. The number of rotatable bonds is 4. The molecule has 1 atom stereocenters. The molecule has 5 heteroatoms. The third-order valence-electron chi connectivity index (χ3n) is 2.13. The van der Waals surface area contributed by atoms with E-state index in [1.807, 2.05) is 0 Å². The maximum Gasteiger partial charge on any atom is 0.162 e. The number of aromatic hydroxyl groups is 1. The number of hydrogen-bond acceptors (Lipinski definition) is 4. The van der Waals surface area contributed by atoms with Gasteiger partial charge >= 0.3 is 0 Å². The van der Waals surface area contributed by atoms with E-state index in [2.05, 4.69) is 15.9 Å². The number of ether oxygens (including phenoxy) is 1. The van der Waals surface area contributed by atoms with Crippen molar-refractivity contribution < 1.29 is 14.9 Å². The lowest BCUT2D eigenvalue weighted by Gasteiger charge is -2.15. The molecule has 0 fully saturated rings. The van der Waals surface area contributed by atoms with Crippen LogP contribution in [0.4, 0.5) is 0 Å². The molecule has 0 spiro atoms. The quantitative estimate of drug-likeness (QED) is 0.779. The first kappa shape index (κ1) is 12.3. The Morgan fingerprint density at radius 3 is 2.73 bits per heavy atom. The molecule has 0 amide bonds. The number of phenols is 1. The number of nitrogens with two attached hydrogens (primary N) is 1. The van der Waals surface area contributed by atoms with Crippen molar-refractivity contribution in [3.8, 4) is 11.5 Å². The van der Waals surface area contributed by atoms with Crippen molar-refractivity contribution in [1.82, 2.24) is 0 Å². The molecule has 4 N–H and O–H groups in total. The Morgan fingerprint density at radius 1 is 1.53 bits per heavy atom. The van der Waals surface area contributed by atoms with Crippen LogP contribution in [0.25, 0.3) is 0 Å². The third-order valence-corrected chi connectivity index (χ3v) is 2.59. The number of phenolic OH excluding ortho intramolecular Hbond substituents is 1. The lowest BCUT2D eigenvalue weighted by atomic mass is 10.0. The van der Waals surface area contributed by atoms with Gasteiger partial charge in [0.2, 0.25) is 0 Å². The van der Waals surface area contributed by atoms with Crippen molar-refractivity contribution >= 4 is 15.9 Å². The van der Waals surface area contributed by atoms with Gasteiger partial charge in [-0.15, -0.1) is 0 Å². The zero-order valence-electron chi connectivity index (χ0n) is 8.40. The van der Waals surface area contributed by atoms with Crippen LogP contribution >= 0.6 is 15.9 Å². The molecule has 4 nitrogen and oxygen atoms in total. The average Bonchev–Trinajstić information content (AvgIpc) is 2.21. The zero-order valence-corrected chi connectivity index (χ0v) is 9.99. The minimum Gasteiger partial charge on any atom is -0.504 e. The van der Waals surface area contributed by atoms with Gasteiger partial charge in [0.15, 0.2) is 11.5 Å². The molecule has 15 heavy (non-hydrogen) atoms.